The monoisotopic (exact) mass is 273 g/mol. The maximum Gasteiger partial charge on any atom is 0.335 e. The number of carboxylic acid groups (broad SMARTS) is 1. The molecule has 106 valence electrons. The molecule has 1 atom stereocenters. The fourth-order valence-electron chi connectivity index (χ4n) is 2.36. The first-order valence-corrected chi connectivity index (χ1v) is 6.67. The van der Waals surface area contributed by atoms with E-state index in [2.05, 4.69) is 11.8 Å². The average molecular weight is 273 g/mol. The van der Waals surface area contributed by atoms with E-state index in [1.54, 1.807) is 18.4 Å². The summed E-state index contributed by atoms with van der Waals surface area (Å²) in [6.45, 7) is 2.87. The summed E-state index contributed by atoms with van der Waals surface area (Å²) in [4.78, 5) is 13.0. The van der Waals surface area contributed by atoms with Crippen molar-refractivity contribution < 1.29 is 14.3 Å². The highest BCUT2D eigenvalue weighted by molar-refractivity contribution is 5.87. The molecule has 0 amide bonds. The van der Waals surface area contributed by atoms with Crippen LogP contribution in [0.15, 0.2) is 47.1 Å². The maximum atomic E-state index is 10.8. The molecule has 0 aliphatic heterocycles. The molecule has 0 spiro atoms. The lowest BCUT2D eigenvalue weighted by atomic mass is 10.1. The summed E-state index contributed by atoms with van der Waals surface area (Å²) in [7, 11) is 2.04. The summed E-state index contributed by atoms with van der Waals surface area (Å²) in [5.41, 5.74) is 1.40. The molecule has 0 aliphatic rings. The molecule has 4 nitrogen and oxygen atoms in total. The van der Waals surface area contributed by atoms with Crippen molar-refractivity contribution in [1.82, 2.24) is 4.90 Å². The predicted molar refractivity (Wildman–Crippen MR) is 76.6 cm³/mol. The molecule has 1 N–H and O–H groups in total. The highest BCUT2D eigenvalue weighted by Gasteiger charge is 2.17. The fourth-order valence-corrected chi connectivity index (χ4v) is 2.36. The first-order valence-electron chi connectivity index (χ1n) is 6.67. The molecular weight excluding hydrogens is 254 g/mol. The average Bonchev–Trinajstić information content (AvgIpc) is 2.94. The van der Waals surface area contributed by atoms with Gasteiger partial charge in [0.05, 0.1) is 17.9 Å². The molecule has 1 aromatic heterocycles. The fraction of sp³-hybridized carbons (Fsp3) is 0.312. The lowest BCUT2D eigenvalue weighted by molar-refractivity contribution is 0.0697. The van der Waals surface area contributed by atoms with Crippen LogP contribution in [0.1, 0.15) is 41.1 Å². The van der Waals surface area contributed by atoms with Gasteiger partial charge in [0.15, 0.2) is 0 Å². The van der Waals surface area contributed by atoms with Crippen molar-refractivity contribution in [2.45, 2.75) is 25.9 Å². The van der Waals surface area contributed by atoms with E-state index in [9.17, 15) is 4.79 Å². The Labute approximate surface area is 118 Å². The van der Waals surface area contributed by atoms with Crippen LogP contribution in [0.5, 0.6) is 0 Å². The topological polar surface area (TPSA) is 53.7 Å². The number of rotatable bonds is 6. The van der Waals surface area contributed by atoms with Crippen LogP contribution in [0.2, 0.25) is 0 Å². The smallest absolute Gasteiger partial charge is 0.335 e. The zero-order chi connectivity index (χ0) is 14.5. The van der Waals surface area contributed by atoms with Crippen molar-refractivity contribution in [3.8, 4) is 0 Å². The minimum absolute atomic E-state index is 0.226. The Bertz CT molecular complexity index is 546. The molecule has 0 saturated heterocycles. The summed E-state index contributed by atoms with van der Waals surface area (Å²) in [5.74, 6) is 0.0593. The SMILES string of the molecule is CCC(c1ccco1)N(C)Cc1ccc(C(=O)O)cc1. The van der Waals surface area contributed by atoms with Crippen molar-refractivity contribution in [2.24, 2.45) is 0 Å². The van der Waals surface area contributed by atoms with E-state index < -0.39 is 5.97 Å². The summed E-state index contributed by atoms with van der Waals surface area (Å²) >= 11 is 0. The summed E-state index contributed by atoms with van der Waals surface area (Å²) < 4.78 is 5.48. The molecule has 1 heterocycles. The van der Waals surface area contributed by atoms with Crippen molar-refractivity contribution in [3.05, 3.63) is 59.5 Å². The quantitative estimate of drug-likeness (QED) is 0.874. The van der Waals surface area contributed by atoms with E-state index >= 15 is 0 Å². The Hall–Kier alpha value is -2.07. The van der Waals surface area contributed by atoms with E-state index in [0.29, 0.717) is 5.56 Å². The number of nitrogens with zero attached hydrogens (tertiary/aromatic N) is 1. The van der Waals surface area contributed by atoms with Gasteiger partial charge in [0.25, 0.3) is 0 Å². The molecule has 1 aromatic carbocycles. The second-order valence-electron chi connectivity index (χ2n) is 4.86. The molecule has 20 heavy (non-hydrogen) atoms. The van der Waals surface area contributed by atoms with E-state index in [0.717, 1.165) is 24.3 Å². The zero-order valence-corrected chi connectivity index (χ0v) is 11.7. The van der Waals surface area contributed by atoms with Crippen molar-refractivity contribution >= 4 is 5.97 Å². The van der Waals surface area contributed by atoms with Gasteiger partial charge < -0.3 is 9.52 Å². The van der Waals surface area contributed by atoms with Crippen LogP contribution in [0.4, 0.5) is 0 Å². The Balaban J connectivity index is 2.06. The molecule has 1 unspecified atom stereocenters. The third-order valence-corrected chi connectivity index (χ3v) is 3.42. The Morgan fingerprint density at radius 2 is 2.00 bits per heavy atom. The molecule has 0 bridgehead atoms. The maximum absolute atomic E-state index is 10.8. The van der Waals surface area contributed by atoms with Crippen LogP contribution < -0.4 is 0 Å². The number of carboxylic acids is 1. The van der Waals surface area contributed by atoms with Gasteiger partial charge in [-0.3, -0.25) is 4.90 Å². The highest BCUT2D eigenvalue weighted by atomic mass is 16.4. The normalized spacial score (nSPS) is 12.6. The van der Waals surface area contributed by atoms with E-state index in [-0.39, 0.29) is 6.04 Å². The molecule has 4 heteroatoms. The second kappa shape index (κ2) is 6.39. The van der Waals surface area contributed by atoms with Gasteiger partial charge in [-0.15, -0.1) is 0 Å². The second-order valence-corrected chi connectivity index (χ2v) is 4.86. The molecule has 2 aromatic rings. The molecular formula is C16H19NO3. The van der Waals surface area contributed by atoms with Crippen molar-refractivity contribution in [3.63, 3.8) is 0 Å². The van der Waals surface area contributed by atoms with Gasteiger partial charge in [0.1, 0.15) is 5.76 Å². The van der Waals surface area contributed by atoms with Gasteiger partial charge in [-0.2, -0.15) is 0 Å². The van der Waals surface area contributed by atoms with Crippen LogP contribution in [-0.4, -0.2) is 23.0 Å². The third-order valence-electron chi connectivity index (χ3n) is 3.42. The first kappa shape index (κ1) is 14.3. The van der Waals surface area contributed by atoms with Crippen LogP contribution in [0.25, 0.3) is 0 Å². The number of hydrogen-bond donors (Lipinski definition) is 1. The molecule has 0 fully saturated rings. The number of furan rings is 1. The van der Waals surface area contributed by atoms with Crippen LogP contribution in [0, 0.1) is 0 Å². The number of aromatic carboxylic acids is 1. The van der Waals surface area contributed by atoms with E-state index in [1.807, 2.05) is 31.3 Å². The lowest BCUT2D eigenvalue weighted by Crippen LogP contribution is -2.23. The van der Waals surface area contributed by atoms with Crippen molar-refractivity contribution in [2.75, 3.05) is 7.05 Å². The van der Waals surface area contributed by atoms with Crippen LogP contribution in [-0.2, 0) is 6.54 Å². The Morgan fingerprint density at radius 3 is 2.50 bits per heavy atom. The first-order chi connectivity index (χ1) is 9.61. The highest BCUT2D eigenvalue weighted by Crippen LogP contribution is 2.24. The number of hydrogen-bond acceptors (Lipinski definition) is 3. The Morgan fingerprint density at radius 1 is 1.30 bits per heavy atom. The molecule has 0 aliphatic carbocycles. The summed E-state index contributed by atoms with van der Waals surface area (Å²) in [5, 5.41) is 8.89. The van der Waals surface area contributed by atoms with Gasteiger partial charge in [-0.05, 0) is 43.3 Å². The van der Waals surface area contributed by atoms with E-state index in [1.165, 1.54) is 0 Å². The van der Waals surface area contributed by atoms with Crippen LogP contribution in [0.3, 0.4) is 0 Å². The zero-order valence-electron chi connectivity index (χ0n) is 11.7. The third kappa shape index (κ3) is 3.27. The molecule has 0 radical (unpaired) electrons. The van der Waals surface area contributed by atoms with Gasteiger partial charge in [0.2, 0.25) is 0 Å². The van der Waals surface area contributed by atoms with Crippen LogP contribution >= 0.6 is 0 Å². The van der Waals surface area contributed by atoms with Crippen molar-refractivity contribution in [1.29, 1.82) is 0 Å². The summed E-state index contributed by atoms with van der Waals surface area (Å²) in [6, 6.07) is 11.1. The number of benzene rings is 1. The van der Waals surface area contributed by atoms with Gasteiger partial charge in [-0.1, -0.05) is 19.1 Å². The van der Waals surface area contributed by atoms with E-state index in [4.69, 9.17) is 9.52 Å². The minimum atomic E-state index is -0.896. The molecule has 0 saturated carbocycles. The standard InChI is InChI=1S/C16H19NO3/c1-3-14(15-5-4-10-20-15)17(2)11-12-6-8-13(9-7-12)16(18)19/h4-10,14H,3,11H2,1-2H3,(H,18,19). The van der Waals surface area contributed by atoms with Gasteiger partial charge >= 0.3 is 5.97 Å². The summed E-state index contributed by atoms with van der Waals surface area (Å²) in [6.07, 6.45) is 2.64. The predicted octanol–water partition coefficient (Wildman–Crippen LogP) is 3.56. The minimum Gasteiger partial charge on any atom is -0.478 e. The molecule has 2 rings (SSSR count). The van der Waals surface area contributed by atoms with Gasteiger partial charge in [-0.25, -0.2) is 4.79 Å². The Kier molecular flexibility index (Phi) is 4.58. The number of carbonyl (C=O) groups is 1. The lowest BCUT2D eigenvalue weighted by Gasteiger charge is -2.25. The van der Waals surface area contributed by atoms with Gasteiger partial charge in [0, 0.05) is 6.54 Å². The largest absolute Gasteiger partial charge is 0.478 e.